The fraction of sp³-hybridized carbons (Fsp3) is 0.600. The Labute approximate surface area is 135 Å². The first-order valence-corrected chi connectivity index (χ1v) is 9.33. The molecule has 21 heavy (non-hydrogen) atoms. The number of hydrogen-bond donors (Lipinski definition) is 2. The normalized spacial score (nSPS) is 20.0. The predicted octanol–water partition coefficient (Wildman–Crippen LogP) is 1.87. The van der Waals surface area contributed by atoms with Crippen molar-refractivity contribution in [1.82, 2.24) is 5.32 Å². The third kappa shape index (κ3) is 6.38. The monoisotopic (exact) mass is 329 g/mol. The topological polar surface area (TPSA) is 50.7 Å². The summed E-state index contributed by atoms with van der Waals surface area (Å²) in [7, 11) is 1.62. The zero-order chi connectivity index (χ0) is 14.9. The molecule has 1 aromatic rings. The predicted molar refractivity (Wildman–Crippen MR) is 90.9 cm³/mol. The van der Waals surface area contributed by atoms with Crippen molar-refractivity contribution < 1.29 is 14.6 Å². The molecule has 0 spiro atoms. The smallest absolute Gasteiger partial charge is 0.123 e. The van der Waals surface area contributed by atoms with Gasteiger partial charge in [-0.1, -0.05) is 6.07 Å². The van der Waals surface area contributed by atoms with Crippen LogP contribution in [0.1, 0.15) is 0 Å². The van der Waals surface area contributed by atoms with E-state index in [2.05, 4.69) is 5.32 Å². The molecule has 1 heterocycles. The van der Waals surface area contributed by atoms with E-state index in [1.54, 1.807) is 7.11 Å². The molecular weight excluding hydrogens is 306 g/mol. The van der Waals surface area contributed by atoms with Crippen molar-refractivity contribution in [3.63, 3.8) is 0 Å². The Kier molecular flexibility index (Phi) is 7.57. The summed E-state index contributed by atoms with van der Waals surface area (Å²) in [6.07, 6.45) is -0.502. The molecule has 0 bridgehead atoms. The van der Waals surface area contributed by atoms with Gasteiger partial charge in [0.15, 0.2) is 0 Å². The molecule has 1 saturated heterocycles. The summed E-state index contributed by atoms with van der Waals surface area (Å²) in [6, 6.07) is 7.41. The third-order valence-electron chi connectivity index (χ3n) is 3.12. The molecule has 1 aromatic carbocycles. The fourth-order valence-electron chi connectivity index (χ4n) is 2.01. The maximum Gasteiger partial charge on any atom is 0.123 e. The van der Waals surface area contributed by atoms with E-state index < -0.39 is 6.10 Å². The molecule has 2 rings (SSSR count). The van der Waals surface area contributed by atoms with Crippen LogP contribution in [0.4, 0.5) is 0 Å². The maximum atomic E-state index is 9.94. The van der Waals surface area contributed by atoms with Crippen LogP contribution in [-0.4, -0.2) is 60.5 Å². The van der Waals surface area contributed by atoms with Crippen LogP contribution >= 0.6 is 23.5 Å². The molecule has 0 radical (unpaired) electrons. The standard InChI is InChI=1S/C15H23NO3S2/c1-18-13-3-2-4-14(7-13)19-10-12(17)8-16-9-15-11-20-5-6-21-15/h2-4,7,12,15-17H,5-6,8-11H2,1H3. The van der Waals surface area contributed by atoms with Gasteiger partial charge in [-0.15, -0.1) is 0 Å². The van der Waals surface area contributed by atoms with Gasteiger partial charge in [0.1, 0.15) is 24.2 Å². The van der Waals surface area contributed by atoms with E-state index in [1.165, 1.54) is 17.3 Å². The van der Waals surface area contributed by atoms with E-state index in [0.717, 1.165) is 12.3 Å². The molecule has 6 heteroatoms. The van der Waals surface area contributed by atoms with Crippen LogP contribution in [-0.2, 0) is 0 Å². The van der Waals surface area contributed by atoms with Crippen LogP contribution in [0.3, 0.4) is 0 Å². The minimum absolute atomic E-state index is 0.284. The average molecular weight is 329 g/mol. The van der Waals surface area contributed by atoms with E-state index in [1.807, 2.05) is 47.8 Å². The van der Waals surface area contributed by atoms with Crippen LogP contribution in [0, 0.1) is 0 Å². The van der Waals surface area contributed by atoms with E-state index in [4.69, 9.17) is 9.47 Å². The molecule has 4 nitrogen and oxygen atoms in total. The van der Waals surface area contributed by atoms with Crippen molar-refractivity contribution in [3.8, 4) is 11.5 Å². The molecule has 2 unspecified atom stereocenters. The molecular formula is C15H23NO3S2. The number of nitrogens with one attached hydrogen (secondary N) is 1. The second-order valence-corrected chi connectivity index (χ2v) is 7.43. The van der Waals surface area contributed by atoms with E-state index >= 15 is 0 Å². The molecule has 1 fully saturated rings. The van der Waals surface area contributed by atoms with Gasteiger partial charge in [0, 0.05) is 41.7 Å². The highest BCUT2D eigenvalue weighted by molar-refractivity contribution is 8.06. The lowest BCUT2D eigenvalue weighted by Crippen LogP contribution is -2.36. The van der Waals surface area contributed by atoms with Gasteiger partial charge in [-0.2, -0.15) is 23.5 Å². The number of aliphatic hydroxyl groups is 1. The Morgan fingerprint density at radius 1 is 1.38 bits per heavy atom. The Morgan fingerprint density at radius 3 is 3.00 bits per heavy atom. The number of benzene rings is 1. The van der Waals surface area contributed by atoms with Crippen molar-refractivity contribution in [1.29, 1.82) is 0 Å². The summed E-state index contributed by atoms with van der Waals surface area (Å²) >= 11 is 4.03. The number of ether oxygens (including phenoxy) is 2. The lowest BCUT2D eigenvalue weighted by atomic mass is 10.3. The summed E-state index contributed by atoms with van der Waals surface area (Å²) in [5.74, 6) is 5.17. The van der Waals surface area contributed by atoms with Crippen molar-refractivity contribution in [2.45, 2.75) is 11.4 Å². The van der Waals surface area contributed by atoms with Crippen molar-refractivity contribution in [3.05, 3.63) is 24.3 Å². The highest BCUT2D eigenvalue weighted by Crippen LogP contribution is 2.23. The van der Waals surface area contributed by atoms with Crippen molar-refractivity contribution >= 4 is 23.5 Å². The molecule has 2 atom stereocenters. The second kappa shape index (κ2) is 9.46. The van der Waals surface area contributed by atoms with E-state index in [-0.39, 0.29) is 6.61 Å². The molecule has 2 N–H and O–H groups in total. The van der Waals surface area contributed by atoms with Gasteiger partial charge in [-0.3, -0.25) is 0 Å². The molecule has 0 aromatic heterocycles. The maximum absolute atomic E-state index is 9.94. The van der Waals surface area contributed by atoms with Crippen LogP contribution in [0.25, 0.3) is 0 Å². The van der Waals surface area contributed by atoms with Crippen molar-refractivity contribution in [2.24, 2.45) is 0 Å². The highest BCUT2D eigenvalue weighted by atomic mass is 32.2. The van der Waals surface area contributed by atoms with Gasteiger partial charge in [0.25, 0.3) is 0 Å². The minimum Gasteiger partial charge on any atom is -0.497 e. The summed E-state index contributed by atoms with van der Waals surface area (Å²) < 4.78 is 10.7. The lowest BCUT2D eigenvalue weighted by molar-refractivity contribution is 0.106. The molecule has 0 amide bonds. The summed E-state index contributed by atoms with van der Waals surface area (Å²) in [5.41, 5.74) is 0. The average Bonchev–Trinajstić information content (AvgIpc) is 2.54. The molecule has 0 saturated carbocycles. The van der Waals surface area contributed by atoms with Gasteiger partial charge in [-0.05, 0) is 12.1 Å². The van der Waals surface area contributed by atoms with Crippen molar-refractivity contribution in [2.75, 3.05) is 44.1 Å². The number of thioether (sulfide) groups is 2. The third-order valence-corrected chi connectivity index (χ3v) is 5.97. The lowest BCUT2D eigenvalue weighted by Gasteiger charge is -2.22. The number of hydrogen-bond acceptors (Lipinski definition) is 6. The molecule has 1 aliphatic heterocycles. The fourth-order valence-corrected chi connectivity index (χ4v) is 4.65. The van der Waals surface area contributed by atoms with Gasteiger partial charge < -0.3 is 19.9 Å². The minimum atomic E-state index is -0.502. The van der Waals surface area contributed by atoms with Gasteiger partial charge in [-0.25, -0.2) is 0 Å². The zero-order valence-electron chi connectivity index (χ0n) is 12.3. The Hall–Kier alpha value is -0.560. The van der Waals surface area contributed by atoms with Crippen LogP contribution in [0.2, 0.25) is 0 Å². The SMILES string of the molecule is COc1cccc(OCC(O)CNCC2CSCCS2)c1. The van der Waals surface area contributed by atoms with E-state index in [0.29, 0.717) is 17.5 Å². The summed E-state index contributed by atoms with van der Waals surface area (Å²) in [5, 5.41) is 13.9. The largest absolute Gasteiger partial charge is 0.497 e. The van der Waals surface area contributed by atoms with E-state index in [9.17, 15) is 5.11 Å². The Bertz CT molecular complexity index is 414. The Balaban J connectivity index is 1.61. The van der Waals surface area contributed by atoms with Gasteiger partial charge in [0.2, 0.25) is 0 Å². The first-order chi connectivity index (χ1) is 10.3. The molecule has 118 valence electrons. The highest BCUT2D eigenvalue weighted by Gasteiger charge is 2.14. The van der Waals surface area contributed by atoms with Gasteiger partial charge in [0.05, 0.1) is 7.11 Å². The summed E-state index contributed by atoms with van der Waals surface area (Å²) in [6.45, 7) is 1.80. The summed E-state index contributed by atoms with van der Waals surface area (Å²) in [4.78, 5) is 0. The zero-order valence-corrected chi connectivity index (χ0v) is 13.9. The quantitative estimate of drug-likeness (QED) is 0.759. The number of rotatable bonds is 8. The second-order valence-electron chi connectivity index (χ2n) is 4.87. The first-order valence-electron chi connectivity index (χ1n) is 7.13. The molecule has 0 aliphatic carbocycles. The van der Waals surface area contributed by atoms with Crippen LogP contribution in [0.15, 0.2) is 24.3 Å². The molecule has 1 aliphatic rings. The van der Waals surface area contributed by atoms with Crippen LogP contribution < -0.4 is 14.8 Å². The number of methoxy groups -OCH3 is 1. The van der Waals surface area contributed by atoms with Gasteiger partial charge >= 0.3 is 0 Å². The Morgan fingerprint density at radius 2 is 2.24 bits per heavy atom. The first kappa shape index (κ1) is 16.8. The number of aliphatic hydroxyl groups excluding tert-OH is 1. The van der Waals surface area contributed by atoms with Crippen LogP contribution in [0.5, 0.6) is 11.5 Å².